The van der Waals surface area contributed by atoms with Crippen molar-refractivity contribution in [2.24, 2.45) is 0 Å². The predicted molar refractivity (Wildman–Crippen MR) is 91.2 cm³/mol. The molecule has 0 aliphatic rings. The molecule has 0 saturated carbocycles. The average Bonchev–Trinajstić information content (AvgIpc) is 2.43. The van der Waals surface area contributed by atoms with Crippen LogP contribution in [0.1, 0.15) is 39.7 Å². The molecule has 0 fully saturated rings. The van der Waals surface area contributed by atoms with E-state index < -0.39 is 17.7 Å². The Morgan fingerprint density at radius 2 is 1.83 bits per heavy atom. The van der Waals surface area contributed by atoms with E-state index >= 15 is 0 Å². The first-order valence-electron chi connectivity index (χ1n) is 7.92. The quantitative estimate of drug-likeness (QED) is 0.839. The Bertz CT molecular complexity index is 509. The van der Waals surface area contributed by atoms with Crippen LogP contribution in [0.3, 0.4) is 0 Å². The zero-order valence-corrected chi connectivity index (χ0v) is 14.8. The summed E-state index contributed by atoms with van der Waals surface area (Å²) in [6, 6.07) is 9.56. The van der Waals surface area contributed by atoms with Gasteiger partial charge in [-0.2, -0.15) is 0 Å². The maximum atomic E-state index is 12.1. The number of alkyl carbamates (subject to hydrolysis) is 1. The number of nitrogens with zero attached hydrogens (tertiary/aromatic N) is 1. The molecule has 5 nitrogen and oxygen atoms in total. The maximum absolute atomic E-state index is 12.1. The number of ether oxygens (including phenoxy) is 1. The van der Waals surface area contributed by atoms with E-state index in [1.165, 1.54) is 5.56 Å². The minimum Gasteiger partial charge on any atom is -0.444 e. The number of carbonyl (C=O) groups is 2. The molecule has 128 valence electrons. The molecule has 0 heterocycles. The van der Waals surface area contributed by atoms with Gasteiger partial charge in [-0.1, -0.05) is 30.3 Å². The van der Waals surface area contributed by atoms with E-state index in [2.05, 4.69) is 22.3 Å². The molecule has 1 aromatic rings. The lowest BCUT2D eigenvalue weighted by Crippen LogP contribution is -2.42. The number of ketones is 1. The molecule has 0 saturated heterocycles. The van der Waals surface area contributed by atoms with Gasteiger partial charge in [-0.15, -0.1) is 0 Å². The first-order valence-corrected chi connectivity index (χ1v) is 7.92. The van der Waals surface area contributed by atoms with Crippen molar-refractivity contribution < 1.29 is 14.3 Å². The lowest BCUT2D eigenvalue weighted by atomic mass is 10.1. The van der Waals surface area contributed by atoms with Gasteiger partial charge >= 0.3 is 6.09 Å². The fourth-order valence-electron chi connectivity index (χ4n) is 2.06. The Morgan fingerprint density at radius 1 is 1.22 bits per heavy atom. The van der Waals surface area contributed by atoms with Gasteiger partial charge in [0, 0.05) is 19.5 Å². The third-order valence-electron chi connectivity index (χ3n) is 3.25. The van der Waals surface area contributed by atoms with Gasteiger partial charge in [0.15, 0.2) is 5.78 Å². The number of amides is 1. The van der Waals surface area contributed by atoms with Crippen molar-refractivity contribution in [3.8, 4) is 0 Å². The fraction of sp³-hybridized carbons (Fsp3) is 0.556. The van der Waals surface area contributed by atoms with Gasteiger partial charge in [0.25, 0.3) is 0 Å². The van der Waals surface area contributed by atoms with Crippen molar-refractivity contribution in [2.75, 3.05) is 13.6 Å². The topological polar surface area (TPSA) is 58.6 Å². The van der Waals surface area contributed by atoms with Crippen molar-refractivity contribution >= 4 is 11.9 Å². The molecule has 0 unspecified atom stereocenters. The van der Waals surface area contributed by atoms with Crippen LogP contribution in [0.2, 0.25) is 0 Å². The Labute approximate surface area is 139 Å². The molecule has 5 heteroatoms. The molecule has 1 atom stereocenters. The molecule has 0 radical (unpaired) electrons. The van der Waals surface area contributed by atoms with E-state index in [1.54, 1.807) is 27.7 Å². The second-order valence-corrected chi connectivity index (χ2v) is 6.81. The Hall–Kier alpha value is -1.88. The number of carbonyl (C=O) groups excluding carboxylic acids is 2. The molecule has 0 aromatic heterocycles. The Balaban J connectivity index is 2.33. The molecule has 1 N–H and O–H groups in total. The molecule has 23 heavy (non-hydrogen) atoms. The van der Waals surface area contributed by atoms with Gasteiger partial charge in [0.05, 0.1) is 6.04 Å². The summed E-state index contributed by atoms with van der Waals surface area (Å²) in [6.45, 7) is 8.49. The highest BCUT2D eigenvalue weighted by Crippen LogP contribution is 2.07. The van der Waals surface area contributed by atoms with Crippen molar-refractivity contribution in [1.29, 1.82) is 0 Å². The van der Waals surface area contributed by atoms with Gasteiger partial charge in [-0.25, -0.2) is 4.79 Å². The van der Waals surface area contributed by atoms with Crippen molar-refractivity contribution in [3.05, 3.63) is 35.9 Å². The maximum Gasteiger partial charge on any atom is 0.408 e. The summed E-state index contributed by atoms with van der Waals surface area (Å²) in [6.07, 6.45) is -0.170. The van der Waals surface area contributed by atoms with Crippen LogP contribution >= 0.6 is 0 Å². The summed E-state index contributed by atoms with van der Waals surface area (Å²) < 4.78 is 5.15. The predicted octanol–water partition coefficient (Wildman–Crippen LogP) is 2.99. The largest absolute Gasteiger partial charge is 0.444 e. The van der Waals surface area contributed by atoms with E-state index in [0.29, 0.717) is 13.0 Å². The summed E-state index contributed by atoms with van der Waals surface area (Å²) >= 11 is 0. The minimum absolute atomic E-state index is 0.00392. The molecule has 1 amide bonds. The van der Waals surface area contributed by atoms with Crippen LogP contribution in [0, 0.1) is 0 Å². The summed E-state index contributed by atoms with van der Waals surface area (Å²) in [5, 5.41) is 2.58. The summed E-state index contributed by atoms with van der Waals surface area (Å²) in [5.41, 5.74) is 0.644. The van der Waals surface area contributed by atoms with Crippen LogP contribution < -0.4 is 5.32 Å². The number of hydrogen-bond acceptors (Lipinski definition) is 4. The Kier molecular flexibility index (Phi) is 7.23. The van der Waals surface area contributed by atoms with Crippen LogP contribution in [0.4, 0.5) is 4.79 Å². The van der Waals surface area contributed by atoms with Crippen LogP contribution in [0.25, 0.3) is 0 Å². The van der Waals surface area contributed by atoms with Crippen LogP contribution in [-0.2, 0) is 16.1 Å². The monoisotopic (exact) mass is 320 g/mol. The number of Topliss-reactive ketones (excluding diaryl/α,β-unsaturated/α-hetero) is 1. The van der Waals surface area contributed by atoms with E-state index in [9.17, 15) is 9.59 Å². The van der Waals surface area contributed by atoms with E-state index in [4.69, 9.17) is 4.74 Å². The van der Waals surface area contributed by atoms with E-state index in [0.717, 1.165) is 6.54 Å². The first-order chi connectivity index (χ1) is 10.7. The highest BCUT2D eigenvalue weighted by atomic mass is 16.6. The normalized spacial score (nSPS) is 12.8. The molecular weight excluding hydrogens is 292 g/mol. The standard InChI is InChI=1S/C18H28N2O3/c1-14(19-17(22)23-18(2,3)4)16(21)11-12-20(5)13-15-9-7-6-8-10-15/h6-10,14H,11-13H2,1-5H3,(H,19,22)/t14-/m0/s1. The zero-order valence-electron chi connectivity index (χ0n) is 14.8. The second-order valence-electron chi connectivity index (χ2n) is 6.81. The molecule has 0 aliphatic heterocycles. The first kappa shape index (κ1) is 19.2. The van der Waals surface area contributed by atoms with Gasteiger partial charge in [0.1, 0.15) is 5.60 Å². The summed E-state index contributed by atoms with van der Waals surface area (Å²) in [7, 11) is 1.98. The van der Waals surface area contributed by atoms with Crippen molar-refractivity contribution in [1.82, 2.24) is 10.2 Å². The lowest BCUT2D eigenvalue weighted by Gasteiger charge is -2.22. The van der Waals surface area contributed by atoms with E-state index in [1.807, 2.05) is 25.2 Å². The van der Waals surface area contributed by atoms with Crippen LogP contribution in [0.15, 0.2) is 30.3 Å². The van der Waals surface area contributed by atoms with Gasteiger partial charge < -0.3 is 15.0 Å². The zero-order chi connectivity index (χ0) is 17.5. The number of hydrogen-bond donors (Lipinski definition) is 1. The molecule has 0 bridgehead atoms. The fourth-order valence-corrected chi connectivity index (χ4v) is 2.06. The molecule has 1 rings (SSSR count). The smallest absolute Gasteiger partial charge is 0.408 e. The SMILES string of the molecule is C[C@H](NC(=O)OC(C)(C)C)C(=O)CCN(C)Cc1ccccc1. The summed E-state index contributed by atoms with van der Waals surface area (Å²) in [5.74, 6) is -0.00392. The molecular formula is C18H28N2O3. The highest BCUT2D eigenvalue weighted by Gasteiger charge is 2.20. The summed E-state index contributed by atoms with van der Waals surface area (Å²) in [4.78, 5) is 25.9. The lowest BCUT2D eigenvalue weighted by molar-refractivity contribution is -0.121. The van der Waals surface area contributed by atoms with Crippen molar-refractivity contribution in [2.45, 2.75) is 52.3 Å². The number of nitrogens with one attached hydrogen (secondary N) is 1. The average molecular weight is 320 g/mol. The van der Waals surface area contributed by atoms with Crippen molar-refractivity contribution in [3.63, 3.8) is 0 Å². The second kappa shape index (κ2) is 8.67. The number of rotatable bonds is 7. The third-order valence-corrected chi connectivity index (χ3v) is 3.25. The van der Waals surface area contributed by atoms with Gasteiger partial charge in [0.2, 0.25) is 0 Å². The van der Waals surface area contributed by atoms with Crippen LogP contribution in [0.5, 0.6) is 0 Å². The molecule has 1 aromatic carbocycles. The minimum atomic E-state index is -0.567. The molecule has 0 spiro atoms. The van der Waals surface area contributed by atoms with Gasteiger partial charge in [-0.05, 0) is 40.3 Å². The third kappa shape index (κ3) is 8.35. The number of benzene rings is 1. The van der Waals surface area contributed by atoms with Crippen LogP contribution in [-0.4, -0.2) is 42.0 Å². The highest BCUT2D eigenvalue weighted by molar-refractivity contribution is 5.87. The Morgan fingerprint density at radius 3 is 2.39 bits per heavy atom. The van der Waals surface area contributed by atoms with Gasteiger partial charge in [-0.3, -0.25) is 4.79 Å². The molecule has 0 aliphatic carbocycles. The van der Waals surface area contributed by atoms with E-state index in [-0.39, 0.29) is 5.78 Å².